The Kier molecular flexibility index (Phi) is 4.74. The third-order valence-corrected chi connectivity index (χ3v) is 5.38. The topological polar surface area (TPSA) is 12.0 Å². The predicted octanol–water partition coefficient (Wildman–Crippen LogP) is 5.94. The molecule has 2 aromatic rings. The van der Waals surface area contributed by atoms with Crippen LogP contribution in [0.25, 0.3) is 0 Å². The second kappa shape index (κ2) is 5.91. The third kappa shape index (κ3) is 3.36. The monoisotopic (exact) mass is 441 g/mol. The maximum Gasteiger partial charge on any atom is 0.0648 e. The van der Waals surface area contributed by atoms with Crippen LogP contribution in [0.2, 0.25) is 5.02 Å². The molecule has 0 aliphatic heterocycles. The van der Waals surface area contributed by atoms with E-state index >= 15 is 0 Å². The summed E-state index contributed by atoms with van der Waals surface area (Å²) in [5, 5.41) is 6.26. The Morgan fingerprint density at radius 2 is 2.18 bits per heavy atom. The molecular weight excluding hydrogens is 432 g/mol. The number of anilines is 1. The first-order valence-electron chi connectivity index (χ1n) is 5.02. The fourth-order valence-electron chi connectivity index (χ4n) is 1.52. The van der Waals surface area contributed by atoms with Crippen molar-refractivity contribution in [3.63, 3.8) is 0 Å². The Morgan fingerprint density at radius 1 is 1.41 bits per heavy atom. The van der Waals surface area contributed by atoms with Gasteiger partial charge in [-0.05, 0) is 75.1 Å². The summed E-state index contributed by atoms with van der Waals surface area (Å²) in [7, 11) is 0. The molecule has 1 aromatic carbocycles. The molecule has 0 aliphatic rings. The first kappa shape index (κ1) is 13.6. The quantitative estimate of drug-likeness (QED) is 0.580. The molecular formula is C12H10BrClINS. The van der Waals surface area contributed by atoms with Crippen LogP contribution in [0.4, 0.5) is 5.69 Å². The fraction of sp³-hybridized carbons (Fsp3) is 0.167. The van der Waals surface area contributed by atoms with Crippen LogP contribution in [-0.2, 0) is 0 Å². The highest BCUT2D eigenvalue weighted by molar-refractivity contribution is 14.1. The number of hydrogen-bond acceptors (Lipinski definition) is 2. The van der Waals surface area contributed by atoms with E-state index in [-0.39, 0.29) is 6.04 Å². The predicted molar refractivity (Wildman–Crippen MR) is 88.2 cm³/mol. The van der Waals surface area contributed by atoms with E-state index in [4.69, 9.17) is 11.6 Å². The summed E-state index contributed by atoms with van der Waals surface area (Å²) in [5.41, 5.74) is 0.972. The zero-order valence-corrected chi connectivity index (χ0v) is 14.3. The maximum atomic E-state index is 6.20. The average Bonchev–Trinajstić information content (AvgIpc) is 2.68. The van der Waals surface area contributed by atoms with Crippen molar-refractivity contribution in [2.45, 2.75) is 13.0 Å². The largest absolute Gasteiger partial charge is 0.376 e. The van der Waals surface area contributed by atoms with Crippen LogP contribution < -0.4 is 5.32 Å². The van der Waals surface area contributed by atoms with Crippen molar-refractivity contribution in [2.24, 2.45) is 0 Å². The van der Waals surface area contributed by atoms with Gasteiger partial charge in [0, 0.05) is 12.9 Å². The molecule has 0 radical (unpaired) electrons. The van der Waals surface area contributed by atoms with Gasteiger partial charge < -0.3 is 5.32 Å². The summed E-state index contributed by atoms with van der Waals surface area (Å²) in [4.78, 5) is 1.28. The van der Waals surface area contributed by atoms with Gasteiger partial charge in [0.15, 0.2) is 0 Å². The van der Waals surface area contributed by atoms with Crippen molar-refractivity contribution < 1.29 is 0 Å². The summed E-state index contributed by atoms with van der Waals surface area (Å²) >= 11 is 13.7. The van der Waals surface area contributed by atoms with Crippen LogP contribution in [0.3, 0.4) is 0 Å². The molecule has 17 heavy (non-hydrogen) atoms. The second-order valence-corrected chi connectivity index (χ2v) is 7.08. The number of nitrogens with one attached hydrogen (secondary N) is 1. The SMILES string of the molecule is CC(Nc1ccc(I)cc1Cl)c1sccc1Br. The van der Waals surface area contributed by atoms with Gasteiger partial charge in [0.05, 0.1) is 16.8 Å². The van der Waals surface area contributed by atoms with Crippen molar-refractivity contribution in [3.8, 4) is 0 Å². The molecule has 2 rings (SSSR count). The van der Waals surface area contributed by atoms with Gasteiger partial charge in [0.2, 0.25) is 0 Å². The molecule has 0 spiro atoms. The van der Waals surface area contributed by atoms with Gasteiger partial charge in [-0.25, -0.2) is 0 Å². The lowest BCUT2D eigenvalue weighted by atomic mass is 10.2. The lowest BCUT2D eigenvalue weighted by Crippen LogP contribution is -2.05. The van der Waals surface area contributed by atoms with E-state index in [1.165, 1.54) is 4.88 Å². The second-order valence-electron chi connectivity index (χ2n) is 3.62. The van der Waals surface area contributed by atoms with Crippen LogP contribution in [0, 0.1) is 3.57 Å². The van der Waals surface area contributed by atoms with E-state index in [9.17, 15) is 0 Å². The van der Waals surface area contributed by atoms with Crippen LogP contribution in [-0.4, -0.2) is 0 Å². The molecule has 1 N–H and O–H groups in total. The maximum absolute atomic E-state index is 6.20. The highest BCUT2D eigenvalue weighted by atomic mass is 127. The highest BCUT2D eigenvalue weighted by Gasteiger charge is 2.12. The Hall–Kier alpha value is 0.220. The Morgan fingerprint density at radius 3 is 2.76 bits per heavy atom. The van der Waals surface area contributed by atoms with Gasteiger partial charge in [-0.1, -0.05) is 11.6 Å². The molecule has 1 heterocycles. The Labute approximate surface area is 132 Å². The summed E-state index contributed by atoms with van der Waals surface area (Å²) in [6.07, 6.45) is 0. The van der Waals surface area contributed by atoms with E-state index < -0.39 is 0 Å². The molecule has 0 saturated heterocycles. The van der Waals surface area contributed by atoms with Gasteiger partial charge in [0.1, 0.15) is 0 Å². The van der Waals surface area contributed by atoms with Crippen LogP contribution in [0.1, 0.15) is 17.8 Å². The first-order valence-corrected chi connectivity index (χ1v) is 8.15. The first-order chi connectivity index (χ1) is 8.08. The van der Waals surface area contributed by atoms with Crippen molar-refractivity contribution in [1.82, 2.24) is 0 Å². The standard InChI is InChI=1S/C12H10BrClINS/c1-7(12-9(13)4-5-17-12)16-11-3-2-8(15)6-10(11)14/h2-7,16H,1H3. The minimum atomic E-state index is 0.238. The van der Waals surface area contributed by atoms with Gasteiger partial charge in [-0.3, -0.25) is 0 Å². The van der Waals surface area contributed by atoms with Crippen molar-refractivity contribution >= 4 is 67.1 Å². The molecule has 0 aliphatic carbocycles. The summed E-state index contributed by atoms with van der Waals surface area (Å²) in [6.45, 7) is 2.13. The zero-order chi connectivity index (χ0) is 12.4. The lowest BCUT2D eigenvalue weighted by molar-refractivity contribution is 0.903. The van der Waals surface area contributed by atoms with Crippen molar-refractivity contribution in [1.29, 1.82) is 0 Å². The summed E-state index contributed by atoms with van der Waals surface area (Å²) in [5.74, 6) is 0. The number of benzene rings is 1. The Balaban J connectivity index is 2.19. The smallest absolute Gasteiger partial charge is 0.0648 e. The molecule has 1 nitrogen and oxygen atoms in total. The molecule has 0 saturated carbocycles. The number of rotatable bonds is 3. The molecule has 1 aromatic heterocycles. The van der Waals surface area contributed by atoms with Gasteiger partial charge in [-0.2, -0.15) is 0 Å². The number of halogens is 3. The third-order valence-electron chi connectivity index (χ3n) is 2.34. The fourth-order valence-corrected chi connectivity index (χ4v) is 4.16. The van der Waals surface area contributed by atoms with E-state index in [0.29, 0.717) is 0 Å². The van der Waals surface area contributed by atoms with Crippen molar-refractivity contribution in [3.05, 3.63) is 47.6 Å². The minimum Gasteiger partial charge on any atom is -0.376 e. The molecule has 0 amide bonds. The summed E-state index contributed by atoms with van der Waals surface area (Å²) < 4.78 is 2.28. The normalized spacial score (nSPS) is 12.5. The summed E-state index contributed by atoms with van der Waals surface area (Å²) in [6, 6.07) is 8.32. The zero-order valence-electron chi connectivity index (χ0n) is 9.01. The average molecular weight is 443 g/mol. The van der Waals surface area contributed by atoms with Gasteiger partial charge >= 0.3 is 0 Å². The molecule has 1 unspecified atom stereocenters. The van der Waals surface area contributed by atoms with Crippen molar-refractivity contribution in [2.75, 3.05) is 5.32 Å². The van der Waals surface area contributed by atoms with E-state index in [1.807, 2.05) is 18.2 Å². The van der Waals surface area contributed by atoms with Gasteiger partial charge in [0.25, 0.3) is 0 Å². The van der Waals surface area contributed by atoms with E-state index in [2.05, 4.69) is 62.2 Å². The van der Waals surface area contributed by atoms with E-state index in [1.54, 1.807) is 11.3 Å². The van der Waals surface area contributed by atoms with Crippen LogP contribution in [0.5, 0.6) is 0 Å². The number of hydrogen-bond donors (Lipinski definition) is 1. The van der Waals surface area contributed by atoms with Crippen LogP contribution >= 0.6 is 61.5 Å². The highest BCUT2D eigenvalue weighted by Crippen LogP contribution is 2.33. The number of thiophene rings is 1. The molecule has 5 heteroatoms. The molecule has 90 valence electrons. The van der Waals surface area contributed by atoms with Crippen LogP contribution in [0.15, 0.2) is 34.1 Å². The molecule has 0 bridgehead atoms. The lowest BCUT2D eigenvalue weighted by Gasteiger charge is -2.15. The van der Waals surface area contributed by atoms with Gasteiger partial charge in [-0.15, -0.1) is 11.3 Å². The molecule has 0 fully saturated rings. The minimum absolute atomic E-state index is 0.238. The molecule has 1 atom stereocenters. The van der Waals surface area contributed by atoms with E-state index in [0.717, 1.165) is 18.8 Å². The Bertz CT molecular complexity index is 529.